The first-order chi connectivity index (χ1) is 8.16. The molecule has 0 spiro atoms. The average Bonchev–Trinajstić information content (AvgIpc) is 2.80. The lowest BCUT2D eigenvalue weighted by atomic mass is 10.1. The summed E-state index contributed by atoms with van der Waals surface area (Å²) in [5, 5.41) is 0.529. The minimum Gasteiger partial charge on any atom is -0.366 e. The Hall–Kier alpha value is -1.94. The molecule has 1 aromatic heterocycles. The zero-order valence-electron chi connectivity index (χ0n) is 9.06. The predicted octanol–water partition coefficient (Wildman–Crippen LogP) is 1.98. The summed E-state index contributed by atoms with van der Waals surface area (Å²) >= 11 is 6.06. The van der Waals surface area contributed by atoms with Crippen molar-refractivity contribution in [2.45, 2.75) is 6.54 Å². The number of benzene rings is 1. The minimum atomic E-state index is -0.475. The fraction of sp³-hybridized carbons (Fsp3) is 0.0833. The number of halogens is 1. The lowest BCUT2D eigenvalue weighted by molar-refractivity contribution is 0.100. The van der Waals surface area contributed by atoms with E-state index in [0.717, 1.165) is 5.56 Å². The van der Waals surface area contributed by atoms with Crippen LogP contribution in [0.3, 0.4) is 0 Å². The van der Waals surface area contributed by atoms with Gasteiger partial charge in [-0.05, 0) is 29.8 Å². The predicted molar refractivity (Wildman–Crippen MR) is 67.5 cm³/mol. The normalized spacial score (nSPS) is 10.2. The third-order valence-electron chi connectivity index (χ3n) is 2.39. The highest BCUT2D eigenvalue weighted by Crippen LogP contribution is 2.17. The van der Waals surface area contributed by atoms with E-state index < -0.39 is 5.91 Å². The van der Waals surface area contributed by atoms with E-state index in [4.69, 9.17) is 17.3 Å². The second kappa shape index (κ2) is 4.93. The molecule has 0 aliphatic carbocycles. The quantitative estimate of drug-likeness (QED) is 0.871. The molecule has 88 valence electrons. The van der Waals surface area contributed by atoms with Crippen LogP contribution in [0.5, 0.6) is 0 Å². The summed E-state index contributed by atoms with van der Waals surface area (Å²) in [5.41, 5.74) is 9.64. The van der Waals surface area contributed by atoms with Crippen LogP contribution in [0.4, 0.5) is 0 Å². The number of carbonyl (C=O) groups is 1. The van der Waals surface area contributed by atoms with Gasteiger partial charge in [-0.2, -0.15) is 0 Å². The second-order valence-electron chi connectivity index (χ2n) is 3.60. The molecule has 4 nitrogen and oxygen atoms in total. The van der Waals surface area contributed by atoms with Crippen LogP contribution in [0.1, 0.15) is 15.9 Å². The molecule has 0 bridgehead atoms. The van der Waals surface area contributed by atoms with E-state index >= 15 is 0 Å². The molecule has 0 saturated carbocycles. The van der Waals surface area contributed by atoms with Crippen LogP contribution in [0.25, 0.3) is 0 Å². The monoisotopic (exact) mass is 249 g/mol. The Morgan fingerprint density at radius 3 is 2.65 bits per heavy atom. The fourth-order valence-corrected chi connectivity index (χ4v) is 1.71. The molecule has 3 N–H and O–H groups in total. The molecule has 0 fully saturated rings. The van der Waals surface area contributed by atoms with Gasteiger partial charge in [-0.3, -0.25) is 9.47 Å². The van der Waals surface area contributed by atoms with Crippen molar-refractivity contribution in [1.29, 1.82) is 0 Å². The Morgan fingerprint density at radius 2 is 2.06 bits per heavy atom. The molecule has 2 aromatic rings. The first-order valence-corrected chi connectivity index (χ1v) is 5.49. The Morgan fingerprint density at radius 1 is 1.35 bits per heavy atom. The van der Waals surface area contributed by atoms with Crippen molar-refractivity contribution in [2.75, 3.05) is 5.43 Å². The van der Waals surface area contributed by atoms with Gasteiger partial charge in [0.2, 0.25) is 5.91 Å². The number of amides is 1. The van der Waals surface area contributed by atoms with Crippen LogP contribution < -0.4 is 11.2 Å². The molecule has 0 saturated heterocycles. The number of hydrogen-bond acceptors (Lipinski definition) is 2. The highest BCUT2D eigenvalue weighted by atomic mass is 35.5. The smallest absolute Gasteiger partial charge is 0.248 e. The molecule has 5 heteroatoms. The first kappa shape index (κ1) is 11.5. The van der Waals surface area contributed by atoms with Crippen LogP contribution in [0, 0.1) is 0 Å². The van der Waals surface area contributed by atoms with Crippen molar-refractivity contribution in [3.63, 3.8) is 0 Å². The van der Waals surface area contributed by atoms with E-state index in [1.165, 1.54) is 0 Å². The maximum atomic E-state index is 11.0. The molecular formula is C12H12ClN3O. The van der Waals surface area contributed by atoms with Gasteiger partial charge in [-0.15, -0.1) is 0 Å². The summed E-state index contributed by atoms with van der Waals surface area (Å²) in [6, 6.07) is 8.88. The van der Waals surface area contributed by atoms with E-state index in [0.29, 0.717) is 17.1 Å². The van der Waals surface area contributed by atoms with Gasteiger partial charge < -0.3 is 11.2 Å². The van der Waals surface area contributed by atoms with Crippen molar-refractivity contribution in [3.8, 4) is 0 Å². The Balaban J connectivity index is 2.09. The topological polar surface area (TPSA) is 60.1 Å². The number of primary amides is 1. The van der Waals surface area contributed by atoms with Crippen molar-refractivity contribution in [1.82, 2.24) is 4.68 Å². The lowest BCUT2D eigenvalue weighted by Crippen LogP contribution is -2.13. The number of rotatable bonds is 4. The summed E-state index contributed by atoms with van der Waals surface area (Å²) < 4.78 is 1.83. The van der Waals surface area contributed by atoms with Gasteiger partial charge in [0, 0.05) is 23.0 Å². The standard InChI is InChI=1S/C12H12ClN3O/c13-11-7-9(12(14)17)3-4-10(11)8-15-16-5-1-2-6-16/h1-7,15H,8H2,(H2,14,17). The van der Waals surface area contributed by atoms with Crippen molar-refractivity contribution in [3.05, 3.63) is 58.9 Å². The van der Waals surface area contributed by atoms with Gasteiger partial charge >= 0.3 is 0 Å². The van der Waals surface area contributed by atoms with Crippen LogP contribution in [0.2, 0.25) is 5.02 Å². The maximum absolute atomic E-state index is 11.0. The molecule has 17 heavy (non-hydrogen) atoms. The van der Waals surface area contributed by atoms with Gasteiger partial charge in [0.05, 0.1) is 6.54 Å². The summed E-state index contributed by atoms with van der Waals surface area (Å²) in [6.45, 7) is 0.576. The summed E-state index contributed by atoms with van der Waals surface area (Å²) in [7, 11) is 0. The van der Waals surface area contributed by atoms with Crippen LogP contribution in [0.15, 0.2) is 42.7 Å². The highest BCUT2D eigenvalue weighted by Gasteiger charge is 2.05. The molecule has 1 aromatic carbocycles. The van der Waals surface area contributed by atoms with Gasteiger partial charge in [-0.1, -0.05) is 17.7 Å². The Labute approximate surface area is 104 Å². The van der Waals surface area contributed by atoms with E-state index in [1.54, 1.807) is 18.2 Å². The maximum Gasteiger partial charge on any atom is 0.248 e. The van der Waals surface area contributed by atoms with E-state index in [9.17, 15) is 4.79 Å². The van der Waals surface area contributed by atoms with Gasteiger partial charge in [-0.25, -0.2) is 0 Å². The minimum absolute atomic E-state index is 0.416. The SMILES string of the molecule is NC(=O)c1ccc(CNn2cccc2)c(Cl)c1. The number of nitrogens with two attached hydrogens (primary N) is 1. The molecular weight excluding hydrogens is 238 g/mol. The van der Waals surface area contributed by atoms with Gasteiger partial charge in [0.15, 0.2) is 0 Å². The van der Waals surface area contributed by atoms with Crippen LogP contribution in [-0.2, 0) is 6.54 Å². The van der Waals surface area contributed by atoms with E-state index in [1.807, 2.05) is 29.2 Å². The Kier molecular flexibility index (Phi) is 3.35. The number of nitrogens with one attached hydrogen (secondary N) is 1. The second-order valence-corrected chi connectivity index (χ2v) is 4.00. The zero-order chi connectivity index (χ0) is 12.3. The molecule has 0 unspecified atom stereocenters. The van der Waals surface area contributed by atoms with Gasteiger partial charge in [0.25, 0.3) is 0 Å². The zero-order valence-corrected chi connectivity index (χ0v) is 9.82. The number of carbonyl (C=O) groups excluding carboxylic acids is 1. The van der Waals surface area contributed by atoms with Gasteiger partial charge in [0.1, 0.15) is 0 Å². The first-order valence-electron chi connectivity index (χ1n) is 5.12. The Bertz CT molecular complexity index is 523. The summed E-state index contributed by atoms with van der Waals surface area (Å²) in [4.78, 5) is 11.0. The molecule has 0 aliphatic rings. The van der Waals surface area contributed by atoms with E-state index in [-0.39, 0.29) is 0 Å². The van der Waals surface area contributed by atoms with Crippen LogP contribution in [-0.4, -0.2) is 10.6 Å². The lowest BCUT2D eigenvalue weighted by Gasteiger charge is -2.09. The average molecular weight is 250 g/mol. The number of aromatic nitrogens is 1. The largest absolute Gasteiger partial charge is 0.366 e. The number of hydrogen-bond donors (Lipinski definition) is 2. The molecule has 1 heterocycles. The molecule has 1 amide bonds. The third-order valence-corrected chi connectivity index (χ3v) is 2.75. The fourth-order valence-electron chi connectivity index (χ4n) is 1.46. The van der Waals surface area contributed by atoms with Crippen molar-refractivity contribution in [2.24, 2.45) is 5.73 Å². The van der Waals surface area contributed by atoms with Crippen molar-refractivity contribution >= 4 is 17.5 Å². The summed E-state index contributed by atoms with van der Waals surface area (Å²) in [6.07, 6.45) is 3.79. The molecule has 2 rings (SSSR count). The van der Waals surface area contributed by atoms with E-state index in [2.05, 4.69) is 5.43 Å². The molecule has 0 aliphatic heterocycles. The van der Waals surface area contributed by atoms with Crippen LogP contribution >= 0.6 is 11.6 Å². The summed E-state index contributed by atoms with van der Waals surface area (Å²) in [5.74, 6) is -0.475. The molecule has 0 radical (unpaired) electrons. The number of nitrogens with zero attached hydrogens (tertiary/aromatic N) is 1. The third kappa shape index (κ3) is 2.79. The highest BCUT2D eigenvalue weighted by molar-refractivity contribution is 6.31. The van der Waals surface area contributed by atoms with Crippen molar-refractivity contribution < 1.29 is 4.79 Å². The molecule has 0 atom stereocenters.